The van der Waals surface area contributed by atoms with Crippen LogP contribution in [0, 0.1) is 0 Å². The average Bonchev–Trinajstić information content (AvgIpc) is 3.24. The number of hydrogen-bond donors (Lipinski definition) is 10. The molecule has 0 aliphatic heterocycles. The zero-order valence-electron chi connectivity index (χ0n) is 34.3. The lowest BCUT2D eigenvalue weighted by Crippen LogP contribution is -2.60. The maximum absolute atomic E-state index is 14.2. The lowest BCUT2D eigenvalue weighted by Gasteiger charge is -2.28. The number of halogens is 1. The number of amides is 8. The van der Waals surface area contributed by atoms with Gasteiger partial charge >= 0.3 is 0 Å². The number of nitrogens with one attached hydrogen (secondary N) is 5. The molecule has 0 heterocycles. The highest BCUT2D eigenvalue weighted by molar-refractivity contribution is 9.09. The van der Waals surface area contributed by atoms with Crippen LogP contribution in [0.3, 0.4) is 0 Å². The Morgan fingerprint density at radius 1 is 0.484 bits per heavy atom. The summed E-state index contributed by atoms with van der Waals surface area (Å²) in [4.78, 5) is 105. The van der Waals surface area contributed by atoms with Crippen molar-refractivity contribution < 1.29 is 38.4 Å². The van der Waals surface area contributed by atoms with Gasteiger partial charge in [-0.05, 0) is 55.3 Å². The summed E-state index contributed by atoms with van der Waals surface area (Å²) >= 11 is 3.41. The van der Waals surface area contributed by atoms with E-state index >= 15 is 0 Å². The monoisotopic (exact) mass is 920 g/mol. The smallest absolute Gasteiger partial charge is 0.243 e. The van der Waals surface area contributed by atoms with Gasteiger partial charge in [-0.2, -0.15) is 0 Å². The molecule has 18 nitrogen and oxygen atoms in total. The zero-order chi connectivity index (χ0) is 45.6. The number of hydrogen-bond acceptors (Lipinski definition) is 10. The minimum absolute atomic E-state index is 0.0454. The molecule has 19 heteroatoms. The van der Waals surface area contributed by atoms with Crippen LogP contribution < -0.4 is 55.3 Å². The highest BCUT2D eigenvalue weighted by Gasteiger charge is 2.34. The third-order valence-corrected chi connectivity index (χ3v) is 10.7. The molecule has 1 unspecified atom stereocenters. The molecule has 0 spiro atoms. The van der Waals surface area contributed by atoms with E-state index in [-0.39, 0.29) is 44.9 Å². The SMILES string of the molecule is NCCCC(Br)[C@H](NC(=O)[C@H](Cc1ccccc1)NC(=O)[C@H](CCC(N)=O)NC(=O)[C@H](Cc1ccccc1)NC(=O)[C@H](CCC(N)=O)NC(=O)[C@@H](N)Cc1ccccc1)C(N)=O. The molecule has 8 amide bonds. The molecule has 7 atom stereocenters. The van der Waals surface area contributed by atoms with Crippen molar-refractivity contribution in [2.45, 2.75) is 98.9 Å². The largest absolute Gasteiger partial charge is 0.370 e. The van der Waals surface area contributed by atoms with Gasteiger partial charge in [-0.1, -0.05) is 107 Å². The standard InChI is InChI=1S/C43H57BrN10O8/c44-29(17-10-22-45)37(38(49)57)54-43(62)34(25-28-15-8-3-9-16-28)53-41(60)32(19-21-36(48)56)51-42(61)33(24-27-13-6-2-7-14-27)52-40(59)31(18-20-35(47)55)50-39(58)30(46)23-26-11-4-1-5-12-26/h1-9,11-16,29-34,37H,10,17-25,45-46H2,(H2,47,55)(H2,48,56)(H2,49,57)(H,50,58)(H,51,61)(H,52,59)(H,53,60)(H,54,62)/t29?,30-,31-,32-,33-,34-,37-/m0/s1. The Morgan fingerprint density at radius 3 is 1.23 bits per heavy atom. The summed E-state index contributed by atoms with van der Waals surface area (Å²) in [6, 6.07) is 18.5. The van der Waals surface area contributed by atoms with Crippen molar-refractivity contribution >= 4 is 63.2 Å². The van der Waals surface area contributed by atoms with Crippen molar-refractivity contribution in [3.8, 4) is 0 Å². The van der Waals surface area contributed by atoms with Gasteiger partial charge in [0.05, 0.1) is 6.04 Å². The molecular weight excluding hydrogens is 864 g/mol. The number of benzene rings is 3. The molecule has 0 fully saturated rings. The molecule has 3 rings (SSSR count). The molecule has 15 N–H and O–H groups in total. The summed E-state index contributed by atoms with van der Waals surface area (Å²) in [5, 5.41) is 13.1. The minimum Gasteiger partial charge on any atom is -0.370 e. The average molecular weight is 922 g/mol. The van der Waals surface area contributed by atoms with Gasteiger partial charge in [0.15, 0.2) is 0 Å². The molecule has 0 saturated carbocycles. The Morgan fingerprint density at radius 2 is 0.839 bits per heavy atom. The van der Waals surface area contributed by atoms with Crippen LogP contribution in [0.1, 0.15) is 55.2 Å². The molecule has 0 saturated heterocycles. The first-order valence-electron chi connectivity index (χ1n) is 20.2. The second-order valence-electron chi connectivity index (χ2n) is 14.8. The van der Waals surface area contributed by atoms with Gasteiger partial charge in [-0.25, -0.2) is 0 Å². The topological polar surface area (TPSA) is 327 Å². The Hall–Kier alpha value is -6.18. The van der Waals surface area contributed by atoms with E-state index in [0.717, 1.165) is 5.56 Å². The third-order valence-electron chi connectivity index (χ3n) is 9.74. The first-order valence-corrected chi connectivity index (χ1v) is 21.1. The van der Waals surface area contributed by atoms with Crippen molar-refractivity contribution in [3.63, 3.8) is 0 Å². The van der Waals surface area contributed by atoms with E-state index in [1.165, 1.54) is 0 Å². The first-order chi connectivity index (χ1) is 29.6. The zero-order valence-corrected chi connectivity index (χ0v) is 35.9. The van der Waals surface area contributed by atoms with Crippen LogP contribution in [0.4, 0.5) is 0 Å². The maximum atomic E-state index is 14.2. The number of primary amides is 3. The van der Waals surface area contributed by atoms with E-state index in [9.17, 15) is 38.4 Å². The fraction of sp³-hybridized carbons (Fsp3) is 0.395. The van der Waals surface area contributed by atoms with E-state index in [2.05, 4.69) is 42.5 Å². The molecule has 0 aromatic heterocycles. The first kappa shape index (κ1) is 50.2. The van der Waals surface area contributed by atoms with E-state index in [4.69, 9.17) is 28.7 Å². The van der Waals surface area contributed by atoms with Crippen molar-refractivity contribution in [2.75, 3.05) is 6.54 Å². The van der Waals surface area contributed by atoms with Gasteiger partial charge in [0.2, 0.25) is 47.3 Å². The van der Waals surface area contributed by atoms with E-state index in [0.29, 0.717) is 30.5 Å². The number of rotatable bonds is 27. The second kappa shape index (κ2) is 26.2. The van der Waals surface area contributed by atoms with Crippen molar-refractivity contribution in [2.24, 2.45) is 28.7 Å². The summed E-state index contributed by atoms with van der Waals surface area (Å²) in [5.74, 6) is -6.40. The fourth-order valence-corrected chi connectivity index (χ4v) is 7.07. The molecule has 3 aromatic rings. The number of carbonyl (C=O) groups is 8. The molecule has 0 radical (unpaired) electrons. The molecule has 0 aliphatic rings. The summed E-state index contributed by atoms with van der Waals surface area (Å²) in [7, 11) is 0. The van der Waals surface area contributed by atoms with Gasteiger partial charge < -0.3 is 55.3 Å². The fourth-order valence-electron chi connectivity index (χ4n) is 6.36. The van der Waals surface area contributed by atoms with Crippen LogP contribution in [0.2, 0.25) is 0 Å². The van der Waals surface area contributed by atoms with Crippen molar-refractivity contribution in [1.29, 1.82) is 0 Å². The van der Waals surface area contributed by atoms with Crippen LogP contribution in [0.5, 0.6) is 0 Å². The lowest BCUT2D eigenvalue weighted by molar-refractivity contribution is -0.135. The van der Waals surface area contributed by atoms with Gasteiger partial charge in [0.1, 0.15) is 30.2 Å². The molecular formula is C43H57BrN10O8. The third kappa shape index (κ3) is 17.8. The Bertz CT molecular complexity index is 1960. The number of carbonyl (C=O) groups excluding carboxylic acids is 8. The molecule has 334 valence electrons. The maximum Gasteiger partial charge on any atom is 0.243 e. The van der Waals surface area contributed by atoms with Gasteiger partial charge in [-0.15, -0.1) is 0 Å². The highest BCUT2D eigenvalue weighted by atomic mass is 79.9. The summed E-state index contributed by atoms with van der Waals surface area (Å²) in [6.45, 7) is 0.332. The summed E-state index contributed by atoms with van der Waals surface area (Å²) in [6.07, 6.45) is -0.242. The number of nitrogens with two attached hydrogens (primary N) is 5. The molecule has 3 aromatic carbocycles. The Balaban J connectivity index is 1.91. The van der Waals surface area contributed by atoms with E-state index in [1.54, 1.807) is 84.9 Å². The van der Waals surface area contributed by atoms with Gasteiger partial charge in [-0.3, -0.25) is 38.4 Å². The van der Waals surface area contributed by atoms with E-state index < -0.39 is 88.3 Å². The molecule has 0 bridgehead atoms. The summed E-state index contributed by atoms with van der Waals surface area (Å²) in [5.41, 5.74) is 30.3. The van der Waals surface area contributed by atoms with Crippen LogP contribution in [0.25, 0.3) is 0 Å². The predicted molar refractivity (Wildman–Crippen MR) is 235 cm³/mol. The quantitative estimate of drug-likeness (QED) is 0.0415. The highest BCUT2D eigenvalue weighted by Crippen LogP contribution is 2.14. The normalized spacial score (nSPS) is 14.3. The van der Waals surface area contributed by atoms with Crippen LogP contribution in [-0.4, -0.2) is 94.9 Å². The van der Waals surface area contributed by atoms with E-state index in [1.807, 2.05) is 6.07 Å². The van der Waals surface area contributed by atoms with Crippen LogP contribution in [-0.2, 0) is 57.6 Å². The van der Waals surface area contributed by atoms with Gasteiger partial charge in [0.25, 0.3) is 0 Å². The second-order valence-corrected chi connectivity index (χ2v) is 15.9. The Labute approximate surface area is 368 Å². The molecule has 62 heavy (non-hydrogen) atoms. The predicted octanol–water partition coefficient (Wildman–Crippen LogP) is -1.02. The number of alkyl halides is 1. The Kier molecular flexibility index (Phi) is 21.2. The van der Waals surface area contributed by atoms with Crippen LogP contribution in [0.15, 0.2) is 91.0 Å². The van der Waals surface area contributed by atoms with Crippen molar-refractivity contribution in [1.82, 2.24) is 26.6 Å². The molecule has 0 aliphatic carbocycles. The van der Waals surface area contributed by atoms with Gasteiger partial charge in [0, 0.05) is 30.5 Å². The minimum atomic E-state index is -1.47. The lowest BCUT2D eigenvalue weighted by atomic mass is 10.0. The summed E-state index contributed by atoms with van der Waals surface area (Å²) < 4.78 is 0. The van der Waals surface area contributed by atoms with Crippen molar-refractivity contribution in [3.05, 3.63) is 108 Å². The van der Waals surface area contributed by atoms with Crippen LogP contribution >= 0.6 is 15.9 Å².